The fourth-order valence-electron chi connectivity index (χ4n) is 1.19. The average Bonchev–Trinajstić information content (AvgIpc) is 2.25. The molecule has 0 fully saturated rings. The summed E-state index contributed by atoms with van der Waals surface area (Å²) < 4.78 is 1.02. The molecular formula is C12H17BrN2O. The Morgan fingerprint density at radius 1 is 1.38 bits per heavy atom. The molecule has 1 amide bonds. The van der Waals surface area contributed by atoms with Crippen LogP contribution in [-0.4, -0.2) is 18.5 Å². The van der Waals surface area contributed by atoms with Gasteiger partial charge in [-0.2, -0.15) is 0 Å². The molecular weight excluding hydrogens is 268 g/mol. The Hall–Kier alpha value is -0.870. The smallest absolute Gasteiger partial charge is 0.234 e. The molecule has 0 atom stereocenters. The summed E-state index contributed by atoms with van der Waals surface area (Å²) in [6, 6.07) is 8.19. The molecule has 0 aromatic heterocycles. The lowest BCUT2D eigenvalue weighted by Crippen LogP contribution is -2.36. The Morgan fingerprint density at radius 3 is 2.69 bits per heavy atom. The van der Waals surface area contributed by atoms with Gasteiger partial charge >= 0.3 is 0 Å². The van der Waals surface area contributed by atoms with Crippen LogP contribution in [0.1, 0.15) is 19.4 Å². The monoisotopic (exact) mass is 284 g/mol. The number of rotatable bonds is 5. The number of hydrogen-bond acceptors (Lipinski definition) is 2. The third-order valence-corrected chi connectivity index (χ3v) is 2.88. The van der Waals surface area contributed by atoms with Gasteiger partial charge in [0.1, 0.15) is 0 Å². The summed E-state index contributed by atoms with van der Waals surface area (Å²) in [5.74, 6) is 0.0180. The van der Waals surface area contributed by atoms with Crippen molar-refractivity contribution in [2.45, 2.75) is 26.4 Å². The molecule has 0 heterocycles. The van der Waals surface area contributed by atoms with Crippen molar-refractivity contribution in [1.29, 1.82) is 0 Å². The van der Waals surface area contributed by atoms with Crippen LogP contribution in [-0.2, 0) is 11.3 Å². The van der Waals surface area contributed by atoms with Gasteiger partial charge < -0.3 is 10.6 Å². The van der Waals surface area contributed by atoms with Gasteiger partial charge in [-0.25, -0.2) is 0 Å². The molecule has 0 spiro atoms. The normalized spacial score (nSPS) is 10.5. The van der Waals surface area contributed by atoms with Crippen LogP contribution in [0.3, 0.4) is 0 Å². The summed E-state index contributed by atoms with van der Waals surface area (Å²) in [5, 5.41) is 5.94. The second-order valence-corrected chi connectivity index (χ2v) is 4.76. The van der Waals surface area contributed by atoms with Crippen molar-refractivity contribution in [2.24, 2.45) is 0 Å². The Morgan fingerprint density at radius 2 is 2.06 bits per heavy atom. The zero-order valence-electron chi connectivity index (χ0n) is 9.59. The molecule has 0 aliphatic heterocycles. The highest BCUT2D eigenvalue weighted by Gasteiger charge is 2.03. The van der Waals surface area contributed by atoms with E-state index < -0.39 is 0 Å². The lowest BCUT2D eigenvalue weighted by Gasteiger charge is -2.09. The predicted molar refractivity (Wildman–Crippen MR) is 69.1 cm³/mol. The van der Waals surface area contributed by atoms with Gasteiger partial charge in [-0.3, -0.25) is 4.79 Å². The van der Waals surface area contributed by atoms with E-state index in [2.05, 4.69) is 26.6 Å². The Balaban J connectivity index is 2.35. The average molecular weight is 285 g/mol. The standard InChI is InChI=1S/C12H17BrN2O/c1-9(2)14-8-12(16)15-7-10-5-3-4-6-11(10)13/h3-6,9,14H,7-8H2,1-2H3,(H,15,16). The van der Waals surface area contributed by atoms with Crippen LogP contribution in [0.4, 0.5) is 0 Å². The first-order valence-electron chi connectivity index (χ1n) is 5.33. The third kappa shape index (κ3) is 4.77. The van der Waals surface area contributed by atoms with Crippen LogP contribution in [0, 0.1) is 0 Å². The summed E-state index contributed by atoms with van der Waals surface area (Å²) in [6.45, 7) is 4.95. The molecule has 3 nitrogen and oxygen atoms in total. The number of amides is 1. The van der Waals surface area contributed by atoms with E-state index >= 15 is 0 Å². The van der Waals surface area contributed by atoms with Gasteiger partial charge in [-0.05, 0) is 11.6 Å². The summed E-state index contributed by atoms with van der Waals surface area (Å²) >= 11 is 3.44. The summed E-state index contributed by atoms with van der Waals surface area (Å²) in [5.41, 5.74) is 1.08. The van der Waals surface area contributed by atoms with E-state index in [9.17, 15) is 4.79 Å². The highest BCUT2D eigenvalue weighted by molar-refractivity contribution is 9.10. The number of benzene rings is 1. The van der Waals surface area contributed by atoms with Crippen LogP contribution >= 0.6 is 15.9 Å². The van der Waals surface area contributed by atoms with Crippen molar-refractivity contribution in [3.05, 3.63) is 34.3 Å². The van der Waals surface area contributed by atoms with E-state index in [0.29, 0.717) is 19.1 Å². The second kappa shape index (κ2) is 6.66. The maximum absolute atomic E-state index is 11.4. The second-order valence-electron chi connectivity index (χ2n) is 3.90. The van der Waals surface area contributed by atoms with Gasteiger partial charge in [0.15, 0.2) is 0 Å². The maximum Gasteiger partial charge on any atom is 0.234 e. The van der Waals surface area contributed by atoms with Crippen LogP contribution in [0.5, 0.6) is 0 Å². The van der Waals surface area contributed by atoms with Crippen LogP contribution < -0.4 is 10.6 Å². The van der Waals surface area contributed by atoms with E-state index in [4.69, 9.17) is 0 Å². The first kappa shape index (κ1) is 13.2. The summed E-state index contributed by atoms with van der Waals surface area (Å²) in [7, 11) is 0. The van der Waals surface area contributed by atoms with E-state index in [0.717, 1.165) is 10.0 Å². The van der Waals surface area contributed by atoms with Crippen molar-refractivity contribution in [2.75, 3.05) is 6.54 Å². The molecule has 1 rings (SSSR count). The molecule has 16 heavy (non-hydrogen) atoms. The minimum absolute atomic E-state index is 0.0180. The Kier molecular flexibility index (Phi) is 5.49. The van der Waals surface area contributed by atoms with Crippen LogP contribution in [0.15, 0.2) is 28.7 Å². The molecule has 0 aliphatic carbocycles. The van der Waals surface area contributed by atoms with Crippen molar-refractivity contribution >= 4 is 21.8 Å². The van der Waals surface area contributed by atoms with Gasteiger partial charge in [0, 0.05) is 17.1 Å². The lowest BCUT2D eigenvalue weighted by molar-refractivity contribution is -0.120. The van der Waals surface area contributed by atoms with Crippen LogP contribution in [0.25, 0.3) is 0 Å². The molecule has 1 aromatic carbocycles. The van der Waals surface area contributed by atoms with Crippen molar-refractivity contribution in [3.63, 3.8) is 0 Å². The van der Waals surface area contributed by atoms with Crippen LogP contribution in [0.2, 0.25) is 0 Å². The van der Waals surface area contributed by atoms with Crippen molar-refractivity contribution < 1.29 is 4.79 Å². The molecule has 0 radical (unpaired) electrons. The molecule has 2 N–H and O–H groups in total. The largest absolute Gasteiger partial charge is 0.351 e. The zero-order chi connectivity index (χ0) is 12.0. The highest BCUT2D eigenvalue weighted by atomic mass is 79.9. The van der Waals surface area contributed by atoms with Gasteiger partial charge in [-0.15, -0.1) is 0 Å². The minimum atomic E-state index is 0.0180. The Labute approximate surface area is 105 Å². The Bertz CT molecular complexity index is 353. The maximum atomic E-state index is 11.4. The van der Waals surface area contributed by atoms with Gasteiger partial charge in [0.05, 0.1) is 6.54 Å². The molecule has 1 aromatic rings. The predicted octanol–water partition coefficient (Wildman–Crippen LogP) is 2.06. The lowest BCUT2D eigenvalue weighted by atomic mass is 10.2. The van der Waals surface area contributed by atoms with E-state index in [1.165, 1.54) is 0 Å². The van der Waals surface area contributed by atoms with E-state index in [1.54, 1.807) is 0 Å². The van der Waals surface area contributed by atoms with Crippen molar-refractivity contribution in [3.8, 4) is 0 Å². The zero-order valence-corrected chi connectivity index (χ0v) is 11.2. The molecule has 88 valence electrons. The summed E-state index contributed by atoms with van der Waals surface area (Å²) in [6.07, 6.45) is 0. The third-order valence-electron chi connectivity index (χ3n) is 2.10. The minimum Gasteiger partial charge on any atom is -0.351 e. The fourth-order valence-corrected chi connectivity index (χ4v) is 1.62. The quantitative estimate of drug-likeness (QED) is 0.869. The number of hydrogen-bond donors (Lipinski definition) is 2. The molecule has 0 bridgehead atoms. The summed E-state index contributed by atoms with van der Waals surface area (Å²) in [4.78, 5) is 11.4. The van der Waals surface area contributed by atoms with E-state index in [1.807, 2.05) is 38.1 Å². The number of carbonyl (C=O) groups excluding carboxylic acids is 1. The molecule has 0 saturated heterocycles. The SMILES string of the molecule is CC(C)NCC(=O)NCc1ccccc1Br. The molecule has 0 aliphatic rings. The van der Waals surface area contributed by atoms with Gasteiger partial charge in [0.2, 0.25) is 5.91 Å². The molecule has 0 saturated carbocycles. The highest BCUT2D eigenvalue weighted by Crippen LogP contribution is 2.14. The molecule has 4 heteroatoms. The first-order valence-corrected chi connectivity index (χ1v) is 6.12. The fraction of sp³-hybridized carbons (Fsp3) is 0.417. The van der Waals surface area contributed by atoms with E-state index in [-0.39, 0.29) is 5.91 Å². The topological polar surface area (TPSA) is 41.1 Å². The van der Waals surface area contributed by atoms with Gasteiger partial charge in [0.25, 0.3) is 0 Å². The number of carbonyl (C=O) groups is 1. The number of nitrogens with one attached hydrogen (secondary N) is 2. The van der Waals surface area contributed by atoms with Gasteiger partial charge in [-0.1, -0.05) is 48.0 Å². The van der Waals surface area contributed by atoms with Crippen molar-refractivity contribution in [1.82, 2.24) is 10.6 Å². The molecule has 0 unspecified atom stereocenters. The number of halogens is 1. The first-order chi connectivity index (χ1) is 7.59.